The van der Waals surface area contributed by atoms with Gasteiger partial charge in [0, 0.05) is 18.2 Å². The van der Waals surface area contributed by atoms with Crippen LogP contribution in [-0.2, 0) is 11.2 Å². The molecule has 0 fully saturated rings. The zero-order valence-electron chi connectivity index (χ0n) is 10.8. The highest BCUT2D eigenvalue weighted by Gasteiger charge is 2.29. The van der Waals surface area contributed by atoms with Crippen LogP contribution in [0.3, 0.4) is 0 Å². The summed E-state index contributed by atoms with van der Waals surface area (Å²) in [5.41, 5.74) is 5.35. The molecule has 2 N–H and O–H groups in total. The van der Waals surface area contributed by atoms with Gasteiger partial charge in [0.2, 0.25) is 0 Å². The topological polar surface area (TPSA) is 35.2 Å². The van der Waals surface area contributed by atoms with Crippen molar-refractivity contribution in [2.24, 2.45) is 5.73 Å². The van der Waals surface area contributed by atoms with Gasteiger partial charge in [-0.2, -0.15) is 0 Å². The molecule has 0 saturated carbocycles. The fourth-order valence-electron chi connectivity index (χ4n) is 1.70. The number of nitrogens with two attached hydrogens (primary N) is 1. The molecule has 0 aromatic heterocycles. The Morgan fingerprint density at radius 3 is 2.56 bits per heavy atom. The monoisotopic (exact) mass is 321 g/mol. The van der Waals surface area contributed by atoms with E-state index in [4.69, 9.17) is 10.5 Å². The third-order valence-electron chi connectivity index (χ3n) is 2.97. The van der Waals surface area contributed by atoms with Gasteiger partial charge in [0.15, 0.2) is 0 Å². The number of hydrogen-bond donors (Lipinski definition) is 1. The first-order valence-electron chi connectivity index (χ1n) is 5.81. The van der Waals surface area contributed by atoms with Crippen molar-refractivity contribution < 1.29 is 13.5 Å². The SMILES string of the molecule is CCOC(C)(C)C(N)Cc1c(F)ccc(Br)c1F. The second kappa shape index (κ2) is 6.08. The molecule has 0 aliphatic carbocycles. The smallest absolute Gasteiger partial charge is 0.143 e. The van der Waals surface area contributed by atoms with Crippen LogP contribution < -0.4 is 5.73 Å². The fraction of sp³-hybridized carbons (Fsp3) is 0.538. The summed E-state index contributed by atoms with van der Waals surface area (Å²) in [4.78, 5) is 0. The van der Waals surface area contributed by atoms with Crippen LogP contribution in [0.15, 0.2) is 16.6 Å². The molecular formula is C13H18BrF2NO. The summed E-state index contributed by atoms with van der Waals surface area (Å²) < 4.78 is 33.1. The number of hydrogen-bond acceptors (Lipinski definition) is 2. The van der Waals surface area contributed by atoms with Gasteiger partial charge in [0.25, 0.3) is 0 Å². The lowest BCUT2D eigenvalue weighted by Crippen LogP contribution is -2.47. The van der Waals surface area contributed by atoms with Crippen molar-refractivity contribution in [2.45, 2.75) is 38.8 Å². The minimum Gasteiger partial charge on any atom is -0.374 e. The highest BCUT2D eigenvalue weighted by molar-refractivity contribution is 9.10. The number of halogens is 3. The standard InChI is InChI=1S/C13H18BrF2NO/c1-4-18-13(2,3)11(17)7-8-10(15)6-5-9(14)12(8)16/h5-6,11H,4,7,17H2,1-3H3. The van der Waals surface area contributed by atoms with Gasteiger partial charge in [0.1, 0.15) is 11.6 Å². The Bertz CT molecular complexity index is 424. The average molecular weight is 322 g/mol. The minimum atomic E-state index is -0.629. The molecule has 1 atom stereocenters. The summed E-state index contributed by atoms with van der Waals surface area (Å²) in [7, 11) is 0. The second-order valence-corrected chi connectivity index (χ2v) is 5.52. The molecule has 102 valence electrons. The van der Waals surface area contributed by atoms with Crippen LogP contribution in [0.5, 0.6) is 0 Å². The Hall–Kier alpha value is -0.520. The zero-order valence-corrected chi connectivity index (χ0v) is 12.4. The highest BCUT2D eigenvalue weighted by atomic mass is 79.9. The van der Waals surface area contributed by atoms with Crippen molar-refractivity contribution in [1.82, 2.24) is 0 Å². The molecule has 1 aromatic rings. The molecule has 5 heteroatoms. The molecule has 0 spiro atoms. The fourth-order valence-corrected chi connectivity index (χ4v) is 2.07. The van der Waals surface area contributed by atoms with E-state index >= 15 is 0 Å². The van der Waals surface area contributed by atoms with Crippen LogP contribution in [0, 0.1) is 11.6 Å². The van der Waals surface area contributed by atoms with E-state index in [1.165, 1.54) is 12.1 Å². The van der Waals surface area contributed by atoms with E-state index < -0.39 is 23.3 Å². The summed E-state index contributed by atoms with van der Waals surface area (Å²) in [6.07, 6.45) is 0.0874. The first-order valence-corrected chi connectivity index (χ1v) is 6.60. The first-order chi connectivity index (χ1) is 8.29. The lowest BCUT2D eigenvalue weighted by molar-refractivity contribution is -0.0291. The lowest BCUT2D eigenvalue weighted by atomic mass is 9.92. The normalized spacial score (nSPS) is 13.7. The molecule has 1 rings (SSSR count). The summed E-state index contributed by atoms with van der Waals surface area (Å²) in [6, 6.07) is 2.08. The van der Waals surface area contributed by atoms with E-state index in [1.807, 2.05) is 20.8 Å². The van der Waals surface area contributed by atoms with Gasteiger partial charge in [-0.05, 0) is 55.3 Å². The minimum absolute atomic E-state index is 0.00958. The van der Waals surface area contributed by atoms with Crippen LogP contribution in [0.1, 0.15) is 26.3 Å². The van der Waals surface area contributed by atoms with E-state index in [0.29, 0.717) is 6.61 Å². The van der Waals surface area contributed by atoms with Crippen LogP contribution >= 0.6 is 15.9 Å². The van der Waals surface area contributed by atoms with Gasteiger partial charge in [-0.1, -0.05) is 0 Å². The Balaban J connectivity index is 2.95. The van der Waals surface area contributed by atoms with Crippen molar-refractivity contribution in [2.75, 3.05) is 6.61 Å². The van der Waals surface area contributed by atoms with Crippen LogP contribution in [0.25, 0.3) is 0 Å². The van der Waals surface area contributed by atoms with Gasteiger partial charge in [-0.25, -0.2) is 8.78 Å². The zero-order chi connectivity index (χ0) is 13.9. The van der Waals surface area contributed by atoms with Gasteiger partial charge in [0.05, 0.1) is 10.1 Å². The molecule has 0 amide bonds. The lowest BCUT2D eigenvalue weighted by Gasteiger charge is -2.31. The number of benzene rings is 1. The Labute approximate surface area is 115 Å². The second-order valence-electron chi connectivity index (χ2n) is 4.67. The summed E-state index contributed by atoms with van der Waals surface area (Å²) in [5, 5.41) is 0. The molecule has 0 bridgehead atoms. The third-order valence-corrected chi connectivity index (χ3v) is 3.58. The van der Waals surface area contributed by atoms with E-state index in [0.717, 1.165) is 0 Å². The van der Waals surface area contributed by atoms with Crippen LogP contribution in [0.4, 0.5) is 8.78 Å². The van der Waals surface area contributed by atoms with Crippen molar-refractivity contribution in [3.63, 3.8) is 0 Å². The maximum Gasteiger partial charge on any atom is 0.143 e. The Morgan fingerprint density at radius 1 is 1.39 bits per heavy atom. The van der Waals surface area contributed by atoms with Crippen molar-refractivity contribution in [3.05, 3.63) is 33.8 Å². The average Bonchev–Trinajstić information content (AvgIpc) is 2.29. The van der Waals surface area contributed by atoms with Crippen molar-refractivity contribution in [1.29, 1.82) is 0 Å². The van der Waals surface area contributed by atoms with Crippen molar-refractivity contribution in [3.8, 4) is 0 Å². The number of rotatable bonds is 5. The summed E-state index contributed by atoms with van der Waals surface area (Å²) in [5.74, 6) is -1.18. The third kappa shape index (κ3) is 3.49. The predicted molar refractivity (Wildman–Crippen MR) is 71.4 cm³/mol. The molecule has 1 aromatic carbocycles. The van der Waals surface area contributed by atoms with E-state index in [2.05, 4.69) is 15.9 Å². The summed E-state index contributed by atoms with van der Waals surface area (Å²) in [6.45, 7) is 5.99. The molecular weight excluding hydrogens is 304 g/mol. The Morgan fingerprint density at radius 2 is 2.00 bits per heavy atom. The highest BCUT2D eigenvalue weighted by Crippen LogP contribution is 2.25. The number of ether oxygens (including phenoxy) is 1. The molecule has 1 unspecified atom stereocenters. The molecule has 0 radical (unpaired) electrons. The molecule has 0 saturated heterocycles. The molecule has 0 aliphatic rings. The van der Waals surface area contributed by atoms with E-state index in [9.17, 15) is 8.78 Å². The van der Waals surface area contributed by atoms with Gasteiger partial charge in [-0.3, -0.25) is 0 Å². The van der Waals surface area contributed by atoms with Gasteiger partial charge < -0.3 is 10.5 Å². The molecule has 0 aliphatic heterocycles. The van der Waals surface area contributed by atoms with E-state index in [-0.39, 0.29) is 16.5 Å². The van der Waals surface area contributed by atoms with Crippen LogP contribution in [0.2, 0.25) is 0 Å². The van der Waals surface area contributed by atoms with Gasteiger partial charge in [-0.15, -0.1) is 0 Å². The van der Waals surface area contributed by atoms with Crippen molar-refractivity contribution >= 4 is 15.9 Å². The van der Waals surface area contributed by atoms with E-state index in [1.54, 1.807) is 0 Å². The largest absolute Gasteiger partial charge is 0.374 e. The summed E-state index contributed by atoms with van der Waals surface area (Å²) >= 11 is 3.04. The molecule has 18 heavy (non-hydrogen) atoms. The predicted octanol–water partition coefficient (Wildman–Crippen LogP) is 3.41. The quantitative estimate of drug-likeness (QED) is 0.843. The Kier molecular flexibility index (Phi) is 5.25. The first kappa shape index (κ1) is 15.5. The maximum atomic E-state index is 13.8. The molecule has 0 heterocycles. The van der Waals surface area contributed by atoms with Gasteiger partial charge >= 0.3 is 0 Å². The van der Waals surface area contributed by atoms with Crippen LogP contribution in [-0.4, -0.2) is 18.2 Å². The maximum absolute atomic E-state index is 13.8. The molecule has 2 nitrogen and oxygen atoms in total.